The Balaban J connectivity index is 1.75. The maximum atomic E-state index is 12.2. The predicted molar refractivity (Wildman–Crippen MR) is 112 cm³/mol. The molecule has 0 unspecified atom stereocenters. The van der Waals surface area contributed by atoms with E-state index in [4.69, 9.17) is 19.3 Å². The molecule has 0 saturated carbocycles. The molecule has 0 aliphatic carbocycles. The van der Waals surface area contributed by atoms with Gasteiger partial charge in [0.2, 0.25) is 0 Å². The molecule has 8 heteroatoms. The SMILES string of the molecule is C=CC(=O)OCCCCCCOc1ccc(C(=O)Oc2cccc(C(=O)O)c2O)cc1. The zero-order chi connectivity index (χ0) is 22.6. The van der Waals surface area contributed by atoms with Crippen LogP contribution in [-0.2, 0) is 9.53 Å². The van der Waals surface area contributed by atoms with E-state index in [2.05, 4.69) is 6.58 Å². The van der Waals surface area contributed by atoms with E-state index >= 15 is 0 Å². The monoisotopic (exact) mass is 428 g/mol. The van der Waals surface area contributed by atoms with Crippen LogP contribution >= 0.6 is 0 Å². The van der Waals surface area contributed by atoms with Crippen molar-refractivity contribution >= 4 is 17.9 Å². The Morgan fingerprint density at radius 1 is 0.935 bits per heavy atom. The molecule has 0 radical (unpaired) electrons. The molecule has 31 heavy (non-hydrogen) atoms. The number of unbranched alkanes of at least 4 members (excludes halogenated alkanes) is 3. The zero-order valence-electron chi connectivity index (χ0n) is 16.9. The van der Waals surface area contributed by atoms with Crippen LogP contribution in [-0.4, -0.2) is 41.3 Å². The average Bonchev–Trinajstić information content (AvgIpc) is 2.76. The highest BCUT2D eigenvalue weighted by atomic mass is 16.5. The molecule has 8 nitrogen and oxygen atoms in total. The second-order valence-corrected chi connectivity index (χ2v) is 6.51. The largest absolute Gasteiger partial charge is 0.504 e. The highest BCUT2D eigenvalue weighted by Gasteiger charge is 2.17. The molecule has 164 valence electrons. The zero-order valence-corrected chi connectivity index (χ0v) is 16.9. The van der Waals surface area contributed by atoms with Crippen LogP contribution in [0.25, 0.3) is 0 Å². The molecular weight excluding hydrogens is 404 g/mol. The van der Waals surface area contributed by atoms with Crippen molar-refractivity contribution in [3.63, 3.8) is 0 Å². The Morgan fingerprint density at radius 2 is 1.61 bits per heavy atom. The quantitative estimate of drug-likeness (QED) is 0.225. The summed E-state index contributed by atoms with van der Waals surface area (Å²) in [6.45, 7) is 4.21. The molecule has 0 aromatic heterocycles. The van der Waals surface area contributed by atoms with Crippen LogP contribution in [0.15, 0.2) is 55.1 Å². The van der Waals surface area contributed by atoms with Crippen molar-refractivity contribution in [1.82, 2.24) is 0 Å². The predicted octanol–water partition coefficient (Wildman–Crippen LogP) is 3.98. The number of esters is 2. The summed E-state index contributed by atoms with van der Waals surface area (Å²) >= 11 is 0. The molecule has 0 bridgehead atoms. The number of phenols is 1. The molecule has 2 N–H and O–H groups in total. The fourth-order valence-corrected chi connectivity index (χ4v) is 2.60. The lowest BCUT2D eigenvalue weighted by Gasteiger charge is -2.09. The van der Waals surface area contributed by atoms with Crippen LogP contribution in [0.3, 0.4) is 0 Å². The summed E-state index contributed by atoms with van der Waals surface area (Å²) in [7, 11) is 0. The summed E-state index contributed by atoms with van der Waals surface area (Å²) in [4.78, 5) is 34.2. The van der Waals surface area contributed by atoms with E-state index in [9.17, 15) is 19.5 Å². The maximum absolute atomic E-state index is 12.2. The van der Waals surface area contributed by atoms with Crippen LogP contribution in [0.1, 0.15) is 46.4 Å². The highest BCUT2D eigenvalue weighted by molar-refractivity contribution is 5.94. The van der Waals surface area contributed by atoms with E-state index in [1.807, 2.05) is 0 Å². The Hall–Kier alpha value is -3.81. The first-order valence-electron chi connectivity index (χ1n) is 9.72. The summed E-state index contributed by atoms with van der Waals surface area (Å²) in [5, 5.41) is 18.9. The molecule has 0 aliphatic rings. The molecule has 0 atom stereocenters. The first-order chi connectivity index (χ1) is 14.9. The normalized spacial score (nSPS) is 10.2. The minimum absolute atomic E-state index is 0.224. The average molecular weight is 428 g/mol. The van der Waals surface area contributed by atoms with E-state index in [1.54, 1.807) is 12.1 Å². The van der Waals surface area contributed by atoms with Gasteiger partial charge in [0.1, 0.15) is 11.3 Å². The molecular formula is C23H24O8. The molecule has 2 aromatic carbocycles. The van der Waals surface area contributed by atoms with Crippen LogP contribution in [0.2, 0.25) is 0 Å². The van der Waals surface area contributed by atoms with Crippen molar-refractivity contribution in [2.24, 2.45) is 0 Å². The summed E-state index contributed by atoms with van der Waals surface area (Å²) in [6.07, 6.45) is 4.59. The lowest BCUT2D eigenvalue weighted by Crippen LogP contribution is -2.09. The van der Waals surface area contributed by atoms with Gasteiger partial charge >= 0.3 is 17.9 Å². The van der Waals surface area contributed by atoms with Crippen LogP contribution in [0.4, 0.5) is 0 Å². The molecule has 0 aliphatic heterocycles. The summed E-state index contributed by atoms with van der Waals surface area (Å²) in [6, 6.07) is 10.2. The van der Waals surface area contributed by atoms with Crippen molar-refractivity contribution in [2.45, 2.75) is 25.7 Å². The minimum Gasteiger partial charge on any atom is -0.504 e. The third kappa shape index (κ3) is 7.50. The van der Waals surface area contributed by atoms with E-state index in [0.717, 1.165) is 31.8 Å². The number of aromatic hydroxyl groups is 1. The molecule has 2 rings (SSSR count). The van der Waals surface area contributed by atoms with Gasteiger partial charge in [0.05, 0.1) is 18.8 Å². The van der Waals surface area contributed by atoms with E-state index in [0.29, 0.717) is 19.0 Å². The number of carbonyl (C=O) groups excluding carboxylic acids is 2. The lowest BCUT2D eigenvalue weighted by atomic mass is 10.2. The summed E-state index contributed by atoms with van der Waals surface area (Å²) in [5.74, 6) is -2.73. The number of hydrogen-bond acceptors (Lipinski definition) is 7. The fourth-order valence-electron chi connectivity index (χ4n) is 2.60. The van der Waals surface area contributed by atoms with E-state index in [1.165, 1.54) is 30.3 Å². The van der Waals surface area contributed by atoms with Gasteiger partial charge in [-0.05, 0) is 62.1 Å². The Labute approximate surface area is 179 Å². The summed E-state index contributed by atoms with van der Waals surface area (Å²) < 4.78 is 15.6. The van der Waals surface area contributed by atoms with Gasteiger partial charge in [-0.3, -0.25) is 0 Å². The van der Waals surface area contributed by atoms with Crippen LogP contribution in [0.5, 0.6) is 17.2 Å². The first kappa shape index (κ1) is 23.5. The van der Waals surface area contributed by atoms with Crippen molar-refractivity contribution in [2.75, 3.05) is 13.2 Å². The highest BCUT2D eigenvalue weighted by Crippen LogP contribution is 2.30. The standard InChI is InChI=1S/C23H24O8/c1-2-20(24)30-15-6-4-3-5-14-29-17-12-10-16(11-13-17)23(28)31-19-9-7-8-18(21(19)25)22(26)27/h2,7-13,25H,1,3-6,14-15H2,(H,26,27). The first-order valence-corrected chi connectivity index (χ1v) is 9.72. The van der Waals surface area contributed by atoms with Crippen molar-refractivity contribution in [1.29, 1.82) is 0 Å². The minimum atomic E-state index is -1.33. The van der Waals surface area contributed by atoms with Crippen LogP contribution in [0, 0.1) is 0 Å². The number of carbonyl (C=O) groups is 3. The topological polar surface area (TPSA) is 119 Å². The smallest absolute Gasteiger partial charge is 0.343 e. The van der Waals surface area contributed by atoms with E-state index < -0.39 is 23.7 Å². The number of benzene rings is 2. The van der Waals surface area contributed by atoms with Crippen molar-refractivity contribution < 1.29 is 38.8 Å². The Morgan fingerprint density at radius 3 is 2.26 bits per heavy atom. The van der Waals surface area contributed by atoms with Gasteiger partial charge in [-0.25, -0.2) is 14.4 Å². The van der Waals surface area contributed by atoms with Gasteiger partial charge in [-0.2, -0.15) is 0 Å². The molecule has 0 spiro atoms. The van der Waals surface area contributed by atoms with Gasteiger partial charge in [-0.15, -0.1) is 0 Å². The second kappa shape index (κ2) is 12.0. The fraction of sp³-hybridized carbons (Fsp3) is 0.261. The molecule has 0 heterocycles. The number of rotatable bonds is 12. The van der Waals surface area contributed by atoms with Gasteiger partial charge in [0, 0.05) is 6.08 Å². The maximum Gasteiger partial charge on any atom is 0.343 e. The third-order valence-corrected chi connectivity index (χ3v) is 4.24. The van der Waals surface area contributed by atoms with E-state index in [-0.39, 0.29) is 16.9 Å². The number of carboxylic acids is 1. The number of hydrogen-bond donors (Lipinski definition) is 2. The Bertz CT molecular complexity index is 918. The molecule has 0 fully saturated rings. The summed E-state index contributed by atoms with van der Waals surface area (Å²) in [5.41, 5.74) is -0.131. The number of ether oxygens (including phenoxy) is 3. The second-order valence-electron chi connectivity index (χ2n) is 6.51. The van der Waals surface area contributed by atoms with Crippen molar-refractivity contribution in [3.8, 4) is 17.2 Å². The van der Waals surface area contributed by atoms with Gasteiger partial charge < -0.3 is 24.4 Å². The third-order valence-electron chi connectivity index (χ3n) is 4.24. The van der Waals surface area contributed by atoms with Gasteiger partial charge in [-0.1, -0.05) is 12.6 Å². The molecule has 0 saturated heterocycles. The van der Waals surface area contributed by atoms with Gasteiger partial charge in [0.25, 0.3) is 0 Å². The van der Waals surface area contributed by atoms with Crippen LogP contribution < -0.4 is 9.47 Å². The van der Waals surface area contributed by atoms with Gasteiger partial charge in [0.15, 0.2) is 11.5 Å². The number of para-hydroxylation sites is 1. The lowest BCUT2D eigenvalue weighted by molar-refractivity contribution is -0.137. The molecule has 2 aromatic rings. The number of carboxylic acid groups (broad SMARTS) is 1. The molecule has 0 amide bonds. The number of aromatic carboxylic acids is 1. The van der Waals surface area contributed by atoms with Crippen molar-refractivity contribution in [3.05, 3.63) is 66.2 Å². The Kier molecular flexibility index (Phi) is 9.10.